The molecular weight excluding hydrogens is 1800 g/mol. The van der Waals surface area contributed by atoms with Gasteiger partial charge in [0.15, 0.2) is 29.1 Å². The van der Waals surface area contributed by atoms with Gasteiger partial charge in [0.25, 0.3) is 0 Å². The van der Waals surface area contributed by atoms with Crippen molar-refractivity contribution in [2.24, 2.45) is 5.73 Å². The summed E-state index contributed by atoms with van der Waals surface area (Å²) in [5, 5.41) is 158. The van der Waals surface area contributed by atoms with Crippen LogP contribution in [-0.2, 0) is 63.8 Å². The number of phenolic OH excluding ortho intramolecular Hbond substituents is 4. The minimum Gasteiger partial charge on any atom is -0.508 e. The molecule has 2 fully saturated rings. The van der Waals surface area contributed by atoms with Crippen molar-refractivity contribution >= 4 is 76.4 Å². The molecule has 15 rings (SSSR count). The zero-order valence-electron chi connectivity index (χ0n) is 73.9. The van der Waals surface area contributed by atoms with E-state index >= 15 is 28.8 Å². The maximum absolute atomic E-state index is 16.9. The molecule has 8 aliphatic heterocycles. The summed E-state index contributed by atoms with van der Waals surface area (Å²) in [6.07, 6.45) is -11.4. The number of aliphatic hydroxyl groups is 7. The molecule has 0 aliphatic carbocycles. The average molecular weight is 1920 g/mol. The molecule has 0 aromatic heterocycles. The quantitative estimate of drug-likeness (QED) is 0.0225. The number of esters is 1. The summed E-state index contributed by atoms with van der Waals surface area (Å²) in [5.74, 6) is -17.1. The lowest BCUT2D eigenvalue weighted by molar-refractivity contribution is -0.277. The lowest BCUT2D eigenvalue weighted by atomic mass is 9.89. The molecule has 7 aromatic carbocycles. The second kappa shape index (κ2) is 46.0. The van der Waals surface area contributed by atoms with Gasteiger partial charge in [-0.3, -0.25) is 38.4 Å². The van der Waals surface area contributed by atoms with Gasteiger partial charge in [-0.05, 0) is 172 Å². The van der Waals surface area contributed by atoms with E-state index in [4.69, 9.17) is 66.8 Å². The zero-order valence-corrected chi connectivity index (χ0v) is 75.4. The van der Waals surface area contributed by atoms with Crippen molar-refractivity contribution in [1.29, 1.82) is 0 Å². The van der Waals surface area contributed by atoms with E-state index in [2.05, 4.69) is 65.4 Å². The lowest BCUT2D eigenvalue weighted by Crippen LogP contribution is -2.66. The number of methoxy groups -OCH3 is 1. The summed E-state index contributed by atoms with van der Waals surface area (Å²) in [5.41, 5.74) is 3.03. The van der Waals surface area contributed by atoms with Crippen molar-refractivity contribution in [3.05, 3.63) is 164 Å². The number of fused-ring (bicyclic) bond motifs is 14. The number of carbonyl (C=O) groups is 9. The van der Waals surface area contributed by atoms with Gasteiger partial charge in [-0.25, -0.2) is 4.79 Å². The number of aliphatic hydroxyl groups excluding tert-OH is 7. The molecule has 8 heterocycles. The van der Waals surface area contributed by atoms with Crippen molar-refractivity contribution in [3.8, 4) is 80.1 Å². The van der Waals surface area contributed by atoms with Gasteiger partial charge in [-0.1, -0.05) is 112 Å². The smallest absolute Gasteiger partial charge is 0.337 e. The van der Waals surface area contributed by atoms with Crippen LogP contribution in [0.4, 0.5) is 0 Å². The normalized spacial score (nSPS) is 25.0. The van der Waals surface area contributed by atoms with Gasteiger partial charge in [0.1, 0.15) is 131 Å². The molecule has 40 nitrogen and oxygen atoms in total. The predicted octanol–water partition coefficient (Wildman–Crippen LogP) is 3.76. The number of nitrogens with one attached hydrogen (secondary N) is 11. The fraction of sp³-hybridized carbons (Fsp3) is 0.452. The first-order valence-electron chi connectivity index (χ1n) is 44.6. The number of rotatable bonds is 30. The highest BCUT2D eigenvalue weighted by Gasteiger charge is 2.52. The number of nitrogens with two attached hydrogens (primary N) is 1. The van der Waals surface area contributed by atoms with Crippen LogP contribution in [0.25, 0.3) is 11.1 Å². The number of hydrogen-bond donors (Lipinski definition) is 23. The number of carbonyl (C=O) groups excluding carboxylic acids is 9. The number of hydrogen-bond acceptors (Lipinski definition) is 32. The molecule has 0 unspecified atom stereocenters. The Bertz CT molecular complexity index is 5450. The fourth-order valence-electron chi connectivity index (χ4n) is 16.7. The molecule has 0 saturated carbocycles. The standard InChI is InChI=1S/C93H112Cl2N12O28/c1-4-5-6-7-8-9-10-11-12-16-66(113)102-75-78(116)80(118)83(91(127)128-3)135-92(75)134-82-63-37-48-38-64(82)131-60-26-21-47(35-55(60)94)76(114)74-90(126)106-72(85(121)100-32-15-31-99-30-14-29-98-28-13-27-96)53-39-49(109)40-62(132-93-81(119)79(117)77(115)65(43-108)133-93)67(53)52-34-45(19-24-57(52)110)70(87(123)107-74)103-88(124)71(48)104-89(125)73-54-41-51(42-59(112)68(54)95)130-61-36-46(20-25-58(61)111)69(97-2)86(122)101-56(84(120)105-73)33-44-17-22-50(129-63)23-18-44/h17-26,34-42,56,65,69-81,83,92-93,97-99,108-112,114-119H,4-16,27-33,43,96H2,1-3H3,(H,100,121)(H,101,122)(H,102,113)(H,103,124)(H,104,125)(H,105,120)(H,106,126)(H,107,123)/t56-,65-,69-,70-,71-,72-,73+,74+,75-,76-,77-,78-,79+,80+,81+,83+,92-,93+/m1/s1. The fourth-order valence-corrected chi connectivity index (χ4v) is 17.1. The molecule has 726 valence electrons. The van der Waals surface area contributed by atoms with Gasteiger partial charge in [-0.15, -0.1) is 0 Å². The van der Waals surface area contributed by atoms with E-state index in [1.54, 1.807) is 0 Å². The minimum atomic E-state index is -2.44. The first-order valence-corrected chi connectivity index (χ1v) is 45.4. The molecule has 7 aromatic rings. The Morgan fingerprint density at radius 1 is 0.526 bits per heavy atom. The van der Waals surface area contributed by atoms with Crippen molar-refractivity contribution in [2.45, 2.75) is 207 Å². The summed E-state index contributed by atoms with van der Waals surface area (Å²) < 4.78 is 50.1. The molecule has 24 N–H and O–H groups in total. The number of likely N-dealkylation sites (N-methyl/N-ethyl adjacent to an activating group) is 1. The molecule has 0 spiro atoms. The highest BCUT2D eigenvalue weighted by Crippen LogP contribution is 2.51. The molecule has 8 amide bonds. The number of phenols is 4. The van der Waals surface area contributed by atoms with Gasteiger partial charge < -0.3 is 158 Å². The lowest BCUT2D eigenvalue weighted by Gasteiger charge is -2.41. The zero-order chi connectivity index (χ0) is 96.6. The number of ether oxygens (including phenoxy) is 8. The third-order valence-electron chi connectivity index (χ3n) is 24.0. The Labute approximate surface area is 784 Å². The third kappa shape index (κ3) is 23.9. The van der Waals surface area contributed by atoms with E-state index in [0.29, 0.717) is 44.6 Å². The summed E-state index contributed by atoms with van der Waals surface area (Å²) >= 11 is 14.4. The monoisotopic (exact) mass is 1910 g/mol. The van der Waals surface area contributed by atoms with E-state index in [1.165, 1.54) is 55.6 Å². The van der Waals surface area contributed by atoms with Crippen LogP contribution in [0, 0.1) is 0 Å². The van der Waals surface area contributed by atoms with Crippen LogP contribution < -0.4 is 87.9 Å². The Balaban J connectivity index is 1.02. The maximum Gasteiger partial charge on any atom is 0.337 e. The van der Waals surface area contributed by atoms with Crippen molar-refractivity contribution in [2.75, 3.05) is 60.0 Å². The Kier molecular flexibility index (Phi) is 34.3. The Morgan fingerprint density at radius 2 is 1.16 bits per heavy atom. The topological polar surface area (TPSA) is 608 Å². The van der Waals surface area contributed by atoms with Crippen LogP contribution in [-0.4, -0.2) is 243 Å². The molecule has 42 heteroatoms. The predicted molar refractivity (Wildman–Crippen MR) is 482 cm³/mol. The van der Waals surface area contributed by atoms with E-state index < -0.39 is 271 Å². The van der Waals surface area contributed by atoms with Gasteiger partial charge in [0.05, 0.1) is 23.8 Å². The van der Waals surface area contributed by atoms with Crippen LogP contribution >= 0.6 is 23.2 Å². The van der Waals surface area contributed by atoms with Crippen LogP contribution in [0.5, 0.6) is 69.0 Å². The van der Waals surface area contributed by atoms with E-state index in [0.717, 1.165) is 138 Å². The first-order chi connectivity index (χ1) is 64.9. The average Bonchev–Trinajstić information content (AvgIpc) is 0.710. The summed E-state index contributed by atoms with van der Waals surface area (Å²) in [6, 6.07) is 6.04. The Morgan fingerprint density at radius 3 is 1.84 bits per heavy atom. The molecule has 17 bridgehead atoms. The van der Waals surface area contributed by atoms with Gasteiger partial charge in [0, 0.05) is 48.2 Å². The third-order valence-corrected chi connectivity index (χ3v) is 24.7. The van der Waals surface area contributed by atoms with Crippen molar-refractivity contribution < 1.29 is 137 Å². The number of halogens is 2. The highest BCUT2D eigenvalue weighted by atomic mass is 35.5. The van der Waals surface area contributed by atoms with E-state index in [1.807, 2.05) is 0 Å². The number of unbranched alkanes of at least 4 members (excludes halogenated alkanes) is 8. The number of amides is 8. The summed E-state index contributed by atoms with van der Waals surface area (Å²) in [4.78, 5) is 140. The second-order valence-electron chi connectivity index (χ2n) is 33.6. The van der Waals surface area contributed by atoms with Crippen LogP contribution in [0.1, 0.15) is 166 Å². The van der Waals surface area contributed by atoms with Crippen LogP contribution in [0.15, 0.2) is 115 Å². The van der Waals surface area contributed by atoms with Crippen molar-refractivity contribution in [3.63, 3.8) is 0 Å². The molecule has 0 radical (unpaired) electrons. The molecule has 2 saturated heterocycles. The molecular formula is C93H112Cl2N12O28. The molecule has 135 heavy (non-hydrogen) atoms. The highest BCUT2D eigenvalue weighted by molar-refractivity contribution is 6.33. The van der Waals surface area contributed by atoms with Gasteiger partial charge >= 0.3 is 5.97 Å². The number of aromatic hydroxyl groups is 4. The van der Waals surface area contributed by atoms with Crippen LogP contribution in [0.2, 0.25) is 10.0 Å². The largest absolute Gasteiger partial charge is 0.508 e. The number of benzene rings is 7. The summed E-state index contributed by atoms with van der Waals surface area (Å²) in [7, 11) is 2.40. The van der Waals surface area contributed by atoms with Gasteiger partial charge in [0.2, 0.25) is 65.6 Å². The van der Waals surface area contributed by atoms with E-state index in [-0.39, 0.29) is 47.8 Å². The second-order valence-corrected chi connectivity index (χ2v) is 34.4. The molecule has 8 aliphatic rings. The van der Waals surface area contributed by atoms with E-state index in [9.17, 15) is 70.6 Å². The van der Waals surface area contributed by atoms with Crippen molar-refractivity contribution in [1.82, 2.24) is 58.5 Å². The SMILES string of the molecule is CCCCCCCCCCCC(=O)N[C@H]1[C@H](Oc2c3cc4cc2Oc2ccc(cc2Cl)[C@@H](O)[C@@H]2NC(=O)[C@H](NC(=O)[C@@H]4NC(=O)[C@H]4NC(=O)[C@@H](Cc5ccc(cc5)O3)NC(=O)[C@H](NC)c3ccc(O)c(c3)Oc3cc(O)c(Cl)c4c3)c3ccc(O)c(c3)-c3c(O[C@H]4O[C@H](CO)[C@@H](O)[C@H](O)[C@@H]4O)cc(O)cc3[C@H](C(=O)NCCCNCCCNCCCN)NC2=O)O[C@H](C(=O)OC)[C@@H](O)[C@@H]1O. The minimum absolute atomic E-state index is 0.113. The first kappa shape index (κ1) is 100. The summed E-state index contributed by atoms with van der Waals surface area (Å²) in [6.45, 7) is 3.86. The van der Waals surface area contributed by atoms with Crippen LogP contribution in [0.3, 0.4) is 0 Å². The molecule has 18 atom stereocenters. The Hall–Kier alpha value is -12.0. The van der Waals surface area contributed by atoms with Gasteiger partial charge in [-0.2, -0.15) is 0 Å². The maximum atomic E-state index is 16.9.